The molecule has 2 amide bonds. The smallest absolute Gasteiger partial charge is 0.319 e. The molecule has 0 aliphatic heterocycles. The lowest BCUT2D eigenvalue weighted by Crippen LogP contribution is -2.35. The number of amides is 2. The van der Waals surface area contributed by atoms with Crippen molar-refractivity contribution in [3.05, 3.63) is 54.6 Å². The fourth-order valence-electron chi connectivity index (χ4n) is 1.87. The van der Waals surface area contributed by atoms with E-state index in [4.69, 9.17) is 0 Å². The lowest BCUT2D eigenvalue weighted by molar-refractivity contribution is 0.249. The maximum absolute atomic E-state index is 11.7. The van der Waals surface area contributed by atoms with Gasteiger partial charge in [-0.2, -0.15) is 0 Å². The van der Waals surface area contributed by atoms with E-state index in [1.54, 1.807) is 0 Å². The van der Waals surface area contributed by atoms with Crippen LogP contribution < -0.4 is 10.6 Å². The summed E-state index contributed by atoms with van der Waals surface area (Å²) in [6.07, 6.45) is 0.917. The van der Waals surface area contributed by atoms with E-state index in [9.17, 15) is 4.79 Å². The van der Waals surface area contributed by atoms with Gasteiger partial charge in [0.1, 0.15) is 0 Å². The van der Waals surface area contributed by atoms with Gasteiger partial charge in [-0.05, 0) is 36.6 Å². The lowest BCUT2D eigenvalue weighted by Gasteiger charge is -2.12. The number of urea groups is 1. The van der Waals surface area contributed by atoms with Gasteiger partial charge in [-0.1, -0.05) is 49.4 Å². The lowest BCUT2D eigenvalue weighted by atomic mass is 10.1. The minimum Gasteiger partial charge on any atom is -0.335 e. The van der Waals surface area contributed by atoms with E-state index < -0.39 is 0 Å². The zero-order valence-electron chi connectivity index (χ0n) is 11.9. The molecule has 104 valence electrons. The van der Waals surface area contributed by atoms with Crippen LogP contribution in [-0.4, -0.2) is 12.1 Å². The average Bonchev–Trinajstić information content (AvgIpc) is 2.48. The first-order valence-corrected chi connectivity index (χ1v) is 6.92. The number of benzene rings is 2. The Kier molecular flexibility index (Phi) is 4.77. The highest BCUT2D eigenvalue weighted by Crippen LogP contribution is 2.20. The number of carbonyl (C=O) groups excluding carboxylic acids is 1. The highest BCUT2D eigenvalue weighted by molar-refractivity contribution is 5.89. The number of carbonyl (C=O) groups is 1. The van der Waals surface area contributed by atoms with Crippen molar-refractivity contribution in [2.45, 2.75) is 26.3 Å². The molecule has 0 spiro atoms. The average molecular weight is 268 g/mol. The first-order valence-electron chi connectivity index (χ1n) is 6.92. The third kappa shape index (κ3) is 3.85. The number of rotatable bonds is 4. The van der Waals surface area contributed by atoms with Crippen LogP contribution in [0.2, 0.25) is 0 Å². The Labute approximate surface area is 120 Å². The molecule has 0 radical (unpaired) electrons. The van der Waals surface area contributed by atoms with Gasteiger partial charge in [-0.3, -0.25) is 0 Å². The van der Waals surface area contributed by atoms with Crippen LogP contribution in [0.5, 0.6) is 0 Å². The summed E-state index contributed by atoms with van der Waals surface area (Å²) in [5.41, 5.74) is 3.10. The Morgan fingerprint density at radius 1 is 1.00 bits per heavy atom. The van der Waals surface area contributed by atoms with Gasteiger partial charge < -0.3 is 10.6 Å². The zero-order valence-corrected chi connectivity index (χ0v) is 11.9. The van der Waals surface area contributed by atoms with Gasteiger partial charge in [0.15, 0.2) is 0 Å². The molecule has 0 aliphatic carbocycles. The third-order valence-corrected chi connectivity index (χ3v) is 3.24. The van der Waals surface area contributed by atoms with Crippen LogP contribution in [0.4, 0.5) is 10.5 Å². The molecule has 0 bridgehead atoms. The number of hydrogen-bond acceptors (Lipinski definition) is 1. The van der Waals surface area contributed by atoms with Gasteiger partial charge in [0, 0.05) is 11.7 Å². The molecule has 1 unspecified atom stereocenters. The number of nitrogens with one attached hydrogen (secondary N) is 2. The summed E-state index contributed by atoms with van der Waals surface area (Å²) in [4.78, 5) is 11.7. The van der Waals surface area contributed by atoms with E-state index in [-0.39, 0.29) is 12.1 Å². The van der Waals surface area contributed by atoms with E-state index in [0.29, 0.717) is 0 Å². The Balaban J connectivity index is 2.00. The summed E-state index contributed by atoms with van der Waals surface area (Å²) < 4.78 is 0. The maximum atomic E-state index is 11.7. The van der Waals surface area contributed by atoms with E-state index >= 15 is 0 Å². The summed E-state index contributed by atoms with van der Waals surface area (Å²) >= 11 is 0. The summed E-state index contributed by atoms with van der Waals surface area (Å²) in [6.45, 7) is 4.03. The summed E-state index contributed by atoms with van der Waals surface area (Å²) in [7, 11) is 0. The van der Waals surface area contributed by atoms with Crippen LogP contribution in [0.15, 0.2) is 54.6 Å². The molecule has 3 heteroatoms. The minimum absolute atomic E-state index is 0.160. The van der Waals surface area contributed by atoms with Crippen molar-refractivity contribution >= 4 is 11.7 Å². The van der Waals surface area contributed by atoms with Crippen LogP contribution >= 0.6 is 0 Å². The fourth-order valence-corrected chi connectivity index (χ4v) is 1.87. The third-order valence-electron chi connectivity index (χ3n) is 3.24. The van der Waals surface area contributed by atoms with E-state index in [1.165, 1.54) is 5.56 Å². The normalized spacial score (nSPS) is 11.7. The summed E-state index contributed by atoms with van der Waals surface area (Å²) in [5, 5.41) is 5.71. The maximum Gasteiger partial charge on any atom is 0.319 e. The second kappa shape index (κ2) is 6.75. The van der Waals surface area contributed by atoms with Crippen LogP contribution in [0, 0.1) is 0 Å². The molecule has 0 aromatic heterocycles. The molecule has 0 heterocycles. The van der Waals surface area contributed by atoms with Crippen LogP contribution in [0.1, 0.15) is 20.3 Å². The van der Waals surface area contributed by atoms with Gasteiger partial charge in [-0.15, -0.1) is 0 Å². The molecule has 0 fully saturated rings. The standard InChI is InChI=1S/C17H20N2O/c1-3-13(2)18-17(20)19-16-11-9-15(10-12-16)14-7-5-4-6-8-14/h4-13H,3H2,1-2H3,(H2,18,19,20). The van der Waals surface area contributed by atoms with Gasteiger partial charge in [-0.25, -0.2) is 4.79 Å². The topological polar surface area (TPSA) is 41.1 Å². The molecule has 2 rings (SSSR count). The molecular formula is C17H20N2O. The van der Waals surface area contributed by atoms with Crippen LogP contribution in [0.3, 0.4) is 0 Å². The Morgan fingerprint density at radius 2 is 1.60 bits per heavy atom. The Morgan fingerprint density at radius 3 is 2.20 bits per heavy atom. The second-order valence-electron chi connectivity index (χ2n) is 4.85. The molecule has 3 nitrogen and oxygen atoms in total. The van der Waals surface area contributed by atoms with Gasteiger partial charge in [0.25, 0.3) is 0 Å². The second-order valence-corrected chi connectivity index (χ2v) is 4.85. The predicted molar refractivity (Wildman–Crippen MR) is 83.8 cm³/mol. The van der Waals surface area contributed by atoms with Crippen molar-refractivity contribution in [2.24, 2.45) is 0 Å². The molecule has 1 atom stereocenters. The highest BCUT2D eigenvalue weighted by atomic mass is 16.2. The van der Waals surface area contributed by atoms with Crippen LogP contribution in [-0.2, 0) is 0 Å². The SMILES string of the molecule is CCC(C)NC(=O)Nc1ccc(-c2ccccc2)cc1. The summed E-state index contributed by atoms with van der Waals surface area (Å²) in [6, 6.07) is 18.0. The van der Waals surface area contributed by atoms with Crippen molar-refractivity contribution in [1.82, 2.24) is 5.32 Å². The zero-order chi connectivity index (χ0) is 14.4. The minimum atomic E-state index is -0.160. The molecule has 2 aromatic rings. The summed E-state index contributed by atoms with van der Waals surface area (Å²) in [5.74, 6) is 0. The monoisotopic (exact) mass is 268 g/mol. The highest BCUT2D eigenvalue weighted by Gasteiger charge is 2.05. The van der Waals surface area contributed by atoms with Crippen molar-refractivity contribution < 1.29 is 4.79 Å². The number of hydrogen-bond donors (Lipinski definition) is 2. The largest absolute Gasteiger partial charge is 0.335 e. The molecule has 2 aromatic carbocycles. The van der Waals surface area contributed by atoms with E-state index in [2.05, 4.69) is 22.8 Å². The Hall–Kier alpha value is -2.29. The molecular weight excluding hydrogens is 248 g/mol. The van der Waals surface area contributed by atoms with Crippen LogP contribution in [0.25, 0.3) is 11.1 Å². The Bertz CT molecular complexity index is 549. The predicted octanol–water partition coefficient (Wildman–Crippen LogP) is 4.27. The van der Waals surface area contributed by atoms with Gasteiger partial charge >= 0.3 is 6.03 Å². The van der Waals surface area contributed by atoms with E-state index in [0.717, 1.165) is 17.7 Å². The van der Waals surface area contributed by atoms with Gasteiger partial charge in [0.2, 0.25) is 0 Å². The van der Waals surface area contributed by atoms with Crippen molar-refractivity contribution in [2.75, 3.05) is 5.32 Å². The molecule has 0 saturated heterocycles. The van der Waals surface area contributed by atoms with Crippen molar-refractivity contribution in [3.8, 4) is 11.1 Å². The molecule has 2 N–H and O–H groups in total. The molecule has 0 aliphatic rings. The molecule has 0 saturated carbocycles. The van der Waals surface area contributed by atoms with Crippen molar-refractivity contribution in [3.63, 3.8) is 0 Å². The molecule has 20 heavy (non-hydrogen) atoms. The van der Waals surface area contributed by atoms with E-state index in [1.807, 2.05) is 56.3 Å². The first kappa shape index (κ1) is 14.1. The number of anilines is 1. The first-order chi connectivity index (χ1) is 9.69. The van der Waals surface area contributed by atoms with Gasteiger partial charge in [0.05, 0.1) is 0 Å². The van der Waals surface area contributed by atoms with Crippen molar-refractivity contribution in [1.29, 1.82) is 0 Å². The quantitative estimate of drug-likeness (QED) is 0.854. The fraction of sp³-hybridized carbons (Fsp3) is 0.235.